The number of ether oxygens (including phenoxy) is 1. The lowest BCUT2D eigenvalue weighted by Gasteiger charge is -2.09. The fourth-order valence-electron chi connectivity index (χ4n) is 1.83. The van der Waals surface area contributed by atoms with Gasteiger partial charge in [-0.05, 0) is 25.5 Å². The second-order valence-electron chi connectivity index (χ2n) is 4.12. The van der Waals surface area contributed by atoms with Crippen molar-refractivity contribution in [3.05, 3.63) is 24.3 Å². The number of phenols is 1. The topological polar surface area (TPSA) is 58.6 Å². The van der Waals surface area contributed by atoms with Gasteiger partial charge in [-0.1, -0.05) is 6.07 Å². The number of carbonyl (C=O) groups is 1. The van der Waals surface area contributed by atoms with E-state index in [1.165, 1.54) is 6.07 Å². The Bertz CT molecular complexity index is 392. The van der Waals surface area contributed by atoms with Gasteiger partial charge in [-0.2, -0.15) is 0 Å². The summed E-state index contributed by atoms with van der Waals surface area (Å²) in [5.41, 5.74) is 0.615. The van der Waals surface area contributed by atoms with Gasteiger partial charge in [-0.3, -0.25) is 4.79 Å². The molecule has 0 radical (unpaired) electrons. The quantitative estimate of drug-likeness (QED) is 0.800. The fraction of sp³-hybridized carbons (Fsp3) is 0.417. The molecule has 1 aliphatic heterocycles. The second kappa shape index (κ2) is 4.53. The molecule has 0 aromatic heterocycles. The van der Waals surface area contributed by atoms with Gasteiger partial charge in [-0.25, -0.2) is 0 Å². The van der Waals surface area contributed by atoms with Crippen LogP contribution in [-0.4, -0.2) is 23.7 Å². The van der Waals surface area contributed by atoms with Crippen LogP contribution in [0.15, 0.2) is 24.3 Å². The number of anilines is 1. The molecule has 86 valence electrons. The molecule has 1 aliphatic rings. The highest BCUT2D eigenvalue weighted by molar-refractivity contribution is 5.92. The number of amides is 1. The zero-order valence-corrected chi connectivity index (χ0v) is 9.14. The lowest BCUT2D eigenvalue weighted by Crippen LogP contribution is -2.22. The van der Waals surface area contributed by atoms with Gasteiger partial charge in [0.15, 0.2) is 0 Å². The molecule has 1 heterocycles. The lowest BCUT2D eigenvalue weighted by atomic mass is 10.1. The molecular formula is C12H15NO3. The Morgan fingerprint density at radius 3 is 3.00 bits per heavy atom. The summed E-state index contributed by atoms with van der Waals surface area (Å²) >= 11 is 0. The predicted octanol–water partition coefficient (Wildman–Crippen LogP) is 1.76. The summed E-state index contributed by atoms with van der Waals surface area (Å²) in [6.07, 6.45) is 0.907. The van der Waals surface area contributed by atoms with Gasteiger partial charge < -0.3 is 15.2 Å². The van der Waals surface area contributed by atoms with E-state index in [1.807, 2.05) is 6.92 Å². The number of benzene rings is 1. The van der Waals surface area contributed by atoms with E-state index in [0.717, 1.165) is 6.42 Å². The summed E-state index contributed by atoms with van der Waals surface area (Å²) < 4.78 is 5.34. The Kier molecular flexibility index (Phi) is 3.10. The minimum absolute atomic E-state index is 0.0463. The van der Waals surface area contributed by atoms with Crippen LogP contribution >= 0.6 is 0 Å². The first-order chi connectivity index (χ1) is 7.65. The molecule has 2 atom stereocenters. The van der Waals surface area contributed by atoms with Crippen molar-refractivity contribution in [2.45, 2.75) is 19.4 Å². The van der Waals surface area contributed by atoms with E-state index in [4.69, 9.17) is 4.74 Å². The van der Waals surface area contributed by atoms with E-state index >= 15 is 0 Å². The van der Waals surface area contributed by atoms with Crippen LogP contribution in [0.4, 0.5) is 5.69 Å². The van der Waals surface area contributed by atoms with Crippen LogP contribution in [0.1, 0.15) is 13.3 Å². The summed E-state index contributed by atoms with van der Waals surface area (Å²) in [5, 5.41) is 12.0. The van der Waals surface area contributed by atoms with Crippen LogP contribution in [0.5, 0.6) is 5.75 Å². The monoisotopic (exact) mass is 221 g/mol. The van der Waals surface area contributed by atoms with E-state index in [2.05, 4.69) is 5.32 Å². The Labute approximate surface area is 94.2 Å². The SMILES string of the molecule is CC1CC(C(=O)Nc2cccc(O)c2)CO1. The number of hydrogen-bond acceptors (Lipinski definition) is 3. The van der Waals surface area contributed by atoms with Crippen molar-refractivity contribution in [2.75, 3.05) is 11.9 Å². The van der Waals surface area contributed by atoms with E-state index in [9.17, 15) is 9.90 Å². The highest BCUT2D eigenvalue weighted by Gasteiger charge is 2.28. The van der Waals surface area contributed by atoms with Crippen molar-refractivity contribution in [2.24, 2.45) is 5.92 Å². The lowest BCUT2D eigenvalue weighted by molar-refractivity contribution is -0.119. The van der Waals surface area contributed by atoms with Gasteiger partial charge in [0.05, 0.1) is 18.6 Å². The normalized spacial score (nSPS) is 24.3. The third-order valence-electron chi connectivity index (χ3n) is 2.68. The molecule has 16 heavy (non-hydrogen) atoms. The maximum Gasteiger partial charge on any atom is 0.229 e. The molecule has 1 aromatic rings. The Morgan fingerprint density at radius 1 is 1.56 bits per heavy atom. The van der Waals surface area contributed by atoms with Gasteiger partial charge in [0.25, 0.3) is 0 Å². The highest BCUT2D eigenvalue weighted by atomic mass is 16.5. The molecule has 1 amide bonds. The zero-order chi connectivity index (χ0) is 11.5. The minimum atomic E-state index is -0.0858. The maximum atomic E-state index is 11.8. The average molecular weight is 221 g/mol. The summed E-state index contributed by atoms with van der Waals surface area (Å²) in [5.74, 6) is 0.0149. The number of rotatable bonds is 2. The van der Waals surface area contributed by atoms with E-state index < -0.39 is 0 Å². The molecule has 0 aliphatic carbocycles. The van der Waals surface area contributed by atoms with Gasteiger partial charge in [0, 0.05) is 11.8 Å². The van der Waals surface area contributed by atoms with Crippen LogP contribution in [0, 0.1) is 5.92 Å². The molecule has 4 heteroatoms. The van der Waals surface area contributed by atoms with E-state index in [-0.39, 0.29) is 23.7 Å². The van der Waals surface area contributed by atoms with Gasteiger partial charge in [0.2, 0.25) is 5.91 Å². The molecule has 1 aromatic carbocycles. The first-order valence-electron chi connectivity index (χ1n) is 5.36. The predicted molar refractivity (Wildman–Crippen MR) is 60.3 cm³/mol. The first kappa shape index (κ1) is 11.0. The van der Waals surface area contributed by atoms with Crippen LogP contribution in [0.2, 0.25) is 0 Å². The molecule has 2 unspecified atom stereocenters. The number of carbonyl (C=O) groups excluding carboxylic acids is 1. The summed E-state index contributed by atoms with van der Waals surface area (Å²) in [4.78, 5) is 11.8. The van der Waals surface area contributed by atoms with Crippen molar-refractivity contribution in [3.8, 4) is 5.75 Å². The molecule has 2 N–H and O–H groups in total. The van der Waals surface area contributed by atoms with Gasteiger partial charge in [-0.15, -0.1) is 0 Å². The smallest absolute Gasteiger partial charge is 0.229 e. The number of aromatic hydroxyl groups is 1. The largest absolute Gasteiger partial charge is 0.508 e. The minimum Gasteiger partial charge on any atom is -0.508 e. The van der Waals surface area contributed by atoms with Crippen LogP contribution in [0.3, 0.4) is 0 Å². The number of phenolic OH excluding ortho intramolecular Hbond substituents is 1. The molecule has 2 rings (SSSR count). The molecule has 1 fully saturated rings. The van der Waals surface area contributed by atoms with Crippen molar-refractivity contribution < 1.29 is 14.6 Å². The third-order valence-corrected chi connectivity index (χ3v) is 2.68. The molecular weight excluding hydrogens is 206 g/mol. The highest BCUT2D eigenvalue weighted by Crippen LogP contribution is 2.22. The van der Waals surface area contributed by atoms with Crippen molar-refractivity contribution in [1.29, 1.82) is 0 Å². The van der Waals surface area contributed by atoms with Crippen LogP contribution < -0.4 is 5.32 Å². The van der Waals surface area contributed by atoms with Crippen molar-refractivity contribution in [3.63, 3.8) is 0 Å². The first-order valence-corrected chi connectivity index (χ1v) is 5.36. The van der Waals surface area contributed by atoms with Gasteiger partial charge >= 0.3 is 0 Å². The van der Waals surface area contributed by atoms with Crippen LogP contribution in [0.25, 0.3) is 0 Å². The van der Waals surface area contributed by atoms with Crippen LogP contribution in [-0.2, 0) is 9.53 Å². The zero-order valence-electron chi connectivity index (χ0n) is 9.14. The molecule has 0 saturated carbocycles. The van der Waals surface area contributed by atoms with Crippen molar-refractivity contribution in [1.82, 2.24) is 0 Å². The van der Waals surface area contributed by atoms with E-state index in [0.29, 0.717) is 12.3 Å². The second-order valence-corrected chi connectivity index (χ2v) is 4.12. The summed E-state index contributed by atoms with van der Waals surface area (Å²) in [7, 11) is 0. The summed E-state index contributed by atoms with van der Waals surface area (Å²) in [6.45, 7) is 2.44. The fourth-order valence-corrected chi connectivity index (χ4v) is 1.83. The molecule has 0 bridgehead atoms. The maximum absolute atomic E-state index is 11.8. The number of nitrogens with one attached hydrogen (secondary N) is 1. The Morgan fingerprint density at radius 2 is 2.38 bits per heavy atom. The Balaban J connectivity index is 1.97. The molecule has 4 nitrogen and oxygen atoms in total. The van der Waals surface area contributed by atoms with E-state index in [1.54, 1.807) is 18.2 Å². The number of hydrogen-bond donors (Lipinski definition) is 2. The molecule has 1 saturated heterocycles. The van der Waals surface area contributed by atoms with Gasteiger partial charge in [0.1, 0.15) is 5.75 Å². The summed E-state index contributed by atoms with van der Waals surface area (Å²) in [6, 6.07) is 6.53. The third kappa shape index (κ3) is 2.52. The molecule has 0 spiro atoms. The standard InChI is InChI=1S/C12H15NO3/c1-8-5-9(7-16-8)12(15)13-10-3-2-4-11(14)6-10/h2-4,6,8-9,14H,5,7H2,1H3,(H,13,15). The average Bonchev–Trinajstić information content (AvgIpc) is 2.65. The Hall–Kier alpha value is -1.55. The van der Waals surface area contributed by atoms with Crippen molar-refractivity contribution >= 4 is 11.6 Å².